The smallest absolute Gasteiger partial charge is 0.179 e. The Morgan fingerprint density at radius 3 is 3.00 bits per heavy atom. The van der Waals surface area contributed by atoms with Crippen LogP contribution in [0.1, 0.15) is 11.7 Å². The number of fused-ring (bicyclic) bond motifs is 1. The summed E-state index contributed by atoms with van der Waals surface area (Å²) in [5.41, 5.74) is 0.708. The van der Waals surface area contributed by atoms with Crippen molar-refractivity contribution in [2.45, 2.75) is 6.10 Å². The third-order valence-corrected chi connectivity index (χ3v) is 3.11. The van der Waals surface area contributed by atoms with Crippen molar-refractivity contribution in [1.29, 1.82) is 0 Å². The van der Waals surface area contributed by atoms with E-state index in [4.69, 9.17) is 25.8 Å². The molecule has 0 aliphatic carbocycles. The van der Waals surface area contributed by atoms with Crippen molar-refractivity contribution in [3.8, 4) is 11.5 Å². The summed E-state index contributed by atoms with van der Waals surface area (Å²) < 4.78 is 15.8. The summed E-state index contributed by atoms with van der Waals surface area (Å²) in [4.78, 5) is 0. The molecule has 1 heterocycles. The normalized spacial score (nSPS) is 15.3. The van der Waals surface area contributed by atoms with Crippen molar-refractivity contribution in [1.82, 2.24) is 5.32 Å². The first-order valence-electron chi connectivity index (χ1n) is 6.19. The number of methoxy groups -OCH3 is 1. The van der Waals surface area contributed by atoms with Crippen LogP contribution in [0.3, 0.4) is 0 Å². The summed E-state index contributed by atoms with van der Waals surface area (Å²) in [6.45, 7) is 2.71. The quantitative estimate of drug-likeness (QED) is 0.774. The summed E-state index contributed by atoms with van der Waals surface area (Å²) in [6, 6.07) is 3.47. The molecular weight excluding hydrogens is 270 g/mol. The third-order valence-electron chi connectivity index (χ3n) is 2.82. The fourth-order valence-electron chi connectivity index (χ4n) is 1.85. The highest BCUT2D eigenvalue weighted by molar-refractivity contribution is 6.32. The largest absolute Gasteiger partial charge is 0.486 e. The Balaban J connectivity index is 2.01. The number of hydrogen-bond acceptors (Lipinski definition) is 5. The molecule has 0 amide bonds. The van der Waals surface area contributed by atoms with Crippen LogP contribution in [-0.4, -0.2) is 45.1 Å². The molecule has 5 nitrogen and oxygen atoms in total. The second-order valence-electron chi connectivity index (χ2n) is 4.24. The van der Waals surface area contributed by atoms with Crippen molar-refractivity contribution >= 4 is 11.6 Å². The van der Waals surface area contributed by atoms with E-state index in [1.807, 2.05) is 0 Å². The van der Waals surface area contributed by atoms with Crippen LogP contribution in [0.4, 0.5) is 0 Å². The highest BCUT2D eigenvalue weighted by Gasteiger charge is 2.19. The van der Waals surface area contributed by atoms with Crippen LogP contribution in [0.15, 0.2) is 12.1 Å². The second kappa shape index (κ2) is 6.96. The Bertz CT molecular complexity index is 427. The summed E-state index contributed by atoms with van der Waals surface area (Å²) in [5, 5.41) is 13.6. The Kier molecular flexibility index (Phi) is 5.27. The summed E-state index contributed by atoms with van der Waals surface area (Å²) >= 11 is 6.12. The SMILES string of the molecule is COCCNCC(O)c1cc(Cl)c2c(c1)OCCO2. The molecule has 0 fully saturated rings. The number of hydrogen-bond donors (Lipinski definition) is 2. The van der Waals surface area contributed by atoms with E-state index in [0.717, 1.165) is 0 Å². The van der Waals surface area contributed by atoms with Crippen LogP contribution >= 0.6 is 11.6 Å². The molecule has 1 aliphatic rings. The topological polar surface area (TPSA) is 60.0 Å². The predicted octanol–water partition coefficient (Wildman–Crippen LogP) is 1.38. The van der Waals surface area contributed by atoms with E-state index in [0.29, 0.717) is 55.0 Å². The van der Waals surface area contributed by atoms with E-state index in [-0.39, 0.29) is 0 Å². The second-order valence-corrected chi connectivity index (χ2v) is 4.65. The molecule has 0 bridgehead atoms. The molecule has 1 atom stereocenters. The zero-order valence-corrected chi connectivity index (χ0v) is 11.6. The molecule has 1 aromatic carbocycles. The summed E-state index contributed by atoms with van der Waals surface area (Å²) in [5.74, 6) is 1.14. The van der Waals surface area contributed by atoms with Crippen LogP contribution < -0.4 is 14.8 Å². The van der Waals surface area contributed by atoms with Crippen molar-refractivity contribution in [3.63, 3.8) is 0 Å². The van der Waals surface area contributed by atoms with Crippen molar-refractivity contribution in [2.24, 2.45) is 0 Å². The maximum atomic E-state index is 10.1. The van der Waals surface area contributed by atoms with Gasteiger partial charge in [-0.2, -0.15) is 0 Å². The van der Waals surface area contributed by atoms with E-state index in [1.165, 1.54) is 0 Å². The van der Waals surface area contributed by atoms with Gasteiger partial charge in [0.05, 0.1) is 17.7 Å². The molecule has 19 heavy (non-hydrogen) atoms. The lowest BCUT2D eigenvalue weighted by Crippen LogP contribution is -2.25. The molecule has 0 saturated carbocycles. The Labute approximate surface area is 117 Å². The lowest BCUT2D eigenvalue weighted by atomic mass is 10.1. The summed E-state index contributed by atoms with van der Waals surface area (Å²) in [6.07, 6.45) is -0.648. The van der Waals surface area contributed by atoms with Crippen LogP contribution in [0.2, 0.25) is 5.02 Å². The Morgan fingerprint density at radius 1 is 1.42 bits per heavy atom. The van der Waals surface area contributed by atoms with E-state index in [1.54, 1.807) is 19.2 Å². The molecule has 0 radical (unpaired) electrons. The van der Waals surface area contributed by atoms with Crippen LogP contribution in [0.5, 0.6) is 11.5 Å². The minimum atomic E-state index is -0.648. The lowest BCUT2D eigenvalue weighted by molar-refractivity contribution is 0.157. The number of aliphatic hydroxyl groups is 1. The van der Waals surface area contributed by atoms with E-state index in [9.17, 15) is 5.11 Å². The molecule has 2 rings (SSSR count). The average Bonchev–Trinajstić information content (AvgIpc) is 2.43. The van der Waals surface area contributed by atoms with Gasteiger partial charge < -0.3 is 24.6 Å². The first-order chi connectivity index (χ1) is 9.22. The van der Waals surface area contributed by atoms with E-state index in [2.05, 4.69) is 5.32 Å². The van der Waals surface area contributed by atoms with Gasteiger partial charge in [0.15, 0.2) is 11.5 Å². The van der Waals surface area contributed by atoms with Gasteiger partial charge in [0.1, 0.15) is 13.2 Å². The average molecular weight is 288 g/mol. The fourth-order valence-corrected chi connectivity index (χ4v) is 2.13. The van der Waals surface area contributed by atoms with Gasteiger partial charge in [-0.1, -0.05) is 11.6 Å². The minimum Gasteiger partial charge on any atom is -0.486 e. The predicted molar refractivity (Wildman–Crippen MR) is 72.1 cm³/mol. The fraction of sp³-hybridized carbons (Fsp3) is 0.538. The van der Waals surface area contributed by atoms with Gasteiger partial charge in [-0.15, -0.1) is 0 Å². The lowest BCUT2D eigenvalue weighted by Gasteiger charge is -2.21. The molecular formula is C13H18ClNO4. The van der Waals surface area contributed by atoms with Gasteiger partial charge >= 0.3 is 0 Å². The van der Waals surface area contributed by atoms with Crippen molar-refractivity contribution < 1.29 is 19.3 Å². The van der Waals surface area contributed by atoms with Gasteiger partial charge in [-0.3, -0.25) is 0 Å². The van der Waals surface area contributed by atoms with Crippen molar-refractivity contribution in [3.05, 3.63) is 22.7 Å². The summed E-state index contributed by atoms with van der Waals surface area (Å²) in [7, 11) is 1.64. The number of nitrogens with one attached hydrogen (secondary N) is 1. The number of rotatable bonds is 6. The Morgan fingerprint density at radius 2 is 2.21 bits per heavy atom. The first kappa shape index (κ1) is 14.4. The van der Waals surface area contributed by atoms with Crippen LogP contribution in [0, 0.1) is 0 Å². The molecule has 0 saturated heterocycles. The number of aliphatic hydroxyl groups excluding tert-OH is 1. The van der Waals surface area contributed by atoms with Gasteiger partial charge in [-0.05, 0) is 17.7 Å². The molecule has 1 unspecified atom stereocenters. The zero-order valence-electron chi connectivity index (χ0n) is 10.8. The highest BCUT2D eigenvalue weighted by atomic mass is 35.5. The maximum absolute atomic E-state index is 10.1. The molecule has 0 spiro atoms. The number of benzene rings is 1. The zero-order chi connectivity index (χ0) is 13.7. The Hall–Kier alpha value is -1.01. The standard InChI is InChI=1S/C13H18ClNO4/c1-17-3-2-15-8-11(16)9-6-10(14)13-12(7-9)18-4-5-19-13/h6-7,11,15-16H,2-5,8H2,1H3. The molecule has 0 aromatic heterocycles. The number of ether oxygens (including phenoxy) is 3. The van der Waals surface area contributed by atoms with Crippen LogP contribution in [-0.2, 0) is 4.74 Å². The van der Waals surface area contributed by atoms with Gasteiger partial charge in [0.2, 0.25) is 0 Å². The van der Waals surface area contributed by atoms with Crippen molar-refractivity contribution in [2.75, 3.05) is 40.0 Å². The first-order valence-corrected chi connectivity index (χ1v) is 6.57. The molecule has 2 N–H and O–H groups in total. The monoisotopic (exact) mass is 287 g/mol. The molecule has 6 heteroatoms. The van der Waals surface area contributed by atoms with Gasteiger partial charge in [-0.25, -0.2) is 0 Å². The van der Waals surface area contributed by atoms with E-state index >= 15 is 0 Å². The minimum absolute atomic E-state index is 0.430. The number of halogens is 1. The molecule has 1 aliphatic heterocycles. The van der Waals surface area contributed by atoms with E-state index < -0.39 is 6.10 Å². The van der Waals surface area contributed by atoms with Gasteiger partial charge in [0, 0.05) is 20.2 Å². The molecule has 106 valence electrons. The molecule has 1 aromatic rings. The maximum Gasteiger partial charge on any atom is 0.179 e. The highest BCUT2D eigenvalue weighted by Crippen LogP contribution is 2.39. The van der Waals surface area contributed by atoms with Crippen LogP contribution in [0.25, 0.3) is 0 Å². The van der Waals surface area contributed by atoms with Gasteiger partial charge in [0.25, 0.3) is 0 Å². The third kappa shape index (κ3) is 3.73.